The van der Waals surface area contributed by atoms with Gasteiger partial charge < -0.3 is 9.30 Å². The van der Waals surface area contributed by atoms with Crippen LogP contribution in [0.1, 0.15) is 5.56 Å². The van der Waals surface area contributed by atoms with Crippen LogP contribution in [0.4, 0.5) is 0 Å². The minimum atomic E-state index is -0.0291. The van der Waals surface area contributed by atoms with Crippen molar-refractivity contribution < 1.29 is 37.4 Å². The Labute approximate surface area is 142 Å². The zero-order chi connectivity index (χ0) is 13.8. The van der Waals surface area contributed by atoms with Crippen LogP contribution in [0.2, 0.25) is 0 Å². The number of nitriles is 1. The van der Waals surface area contributed by atoms with Crippen molar-refractivity contribution in [1.82, 2.24) is 4.57 Å². The second-order valence-electron chi connectivity index (χ2n) is 4.16. The van der Waals surface area contributed by atoms with Gasteiger partial charge in [-0.15, -0.1) is 12.1 Å². The minimum absolute atomic E-state index is 0. The fourth-order valence-corrected chi connectivity index (χ4v) is 1.80. The summed E-state index contributed by atoms with van der Waals surface area (Å²) in [5.74, 6) is 0.627. The Kier molecular flexibility index (Phi) is 6.13. The molecule has 0 N–H and O–H groups in total. The van der Waals surface area contributed by atoms with E-state index in [1.165, 1.54) is 0 Å². The number of ether oxygens (including phenoxy) is 1. The van der Waals surface area contributed by atoms with Gasteiger partial charge in [-0.2, -0.15) is 17.4 Å². The van der Waals surface area contributed by atoms with Crippen LogP contribution in [0, 0.1) is 24.3 Å². The van der Waals surface area contributed by atoms with Gasteiger partial charge in [0, 0.05) is 39.8 Å². The zero-order valence-electron chi connectivity index (χ0n) is 11.4. The molecule has 2 rings (SSSR count). The van der Waals surface area contributed by atoms with E-state index < -0.39 is 0 Å². The summed E-state index contributed by atoms with van der Waals surface area (Å²) in [4.78, 5) is 11.9. The Hall–Kier alpha value is -1.44. The maximum absolute atomic E-state index is 11.9. The molecule has 0 aliphatic heterocycles. The molecule has 20 heavy (non-hydrogen) atoms. The zero-order valence-corrected chi connectivity index (χ0v) is 14.2. The number of rotatable bonds is 3. The fraction of sp³-hybridized carbons (Fsp3) is 0.200. The summed E-state index contributed by atoms with van der Waals surface area (Å²) in [5, 5.41) is 8.44. The molecule has 0 amide bonds. The molecule has 0 atom stereocenters. The Morgan fingerprint density at radius 2 is 2.00 bits per heavy atom. The molecule has 1 aromatic heterocycles. The summed E-state index contributed by atoms with van der Waals surface area (Å²) in [5.41, 5.74) is 2.24. The molecule has 5 heteroatoms. The second kappa shape index (κ2) is 7.37. The number of pyridine rings is 1. The van der Waals surface area contributed by atoms with E-state index in [1.807, 2.05) is 18.2 Å². The predicted octanol–water partition coefficient (Wildman–Crippen LogP) is 2.06. The van der Waals surface area contributed by atoms with Crippen molar-refractivity contribution in [3.8, 4) is 23.1 Å². The van der Waals surface area contributed by atoms with Crippen LogP contribution >= 0.6 is 0 Å². The number of aryl methyl sites for hydroxylation is 1. The van der Waals surface area contributed by atoms with Gasteiger partial charge in [0.2, 0.25) is 0 Å². The summed E-state index contributed by atoms with van der Waals surface area (Å²) >= 11 is 0. The monoisotopic (exact) mass is 342 g/mol. The largest absolute Gasteiger partial charge is 0.479 e. The average molecular weight is 342 g/mol. The molecule has 0 fully saturated rings. The predicted molar refractivity (Wildman–Crippen MR) is 71.8 cm³/mol. The first-order valence-corrected chi connectivity index (χ1v) is 5.82. The number of aromatic nitrogens is 1. The third kappa shape index (κ3) is 3.56. The quantitative estimate of drug-likeness (QED) is 0.803. The molecule has 0 aliphatic carbocycles. The Balaban J connectivity index is 0.00000200. The maximum atomic E-state index is 11.9. The molecule has 99 valence electrons. The van der Waals surface area contributed by atoms with Crippen LogP contribution in [0.25, 0.3) is 11.3 Å². The van der Waals surface area contributed by atoms with Crippen LogP contribution < -0.4 is 10.3 Å². The van der Waals surface area contributed by atoms with E-state index in [0.29, 0.717) is 11.3 Å². The van der Waals surface area contributed by atoms with Gasteiger partial charge in [0.25, 0.3) is 0 Å². The summed E-state index contributed by atoms with van der Waals surface area (Å²) in [6.07, 6.45) is 0. The molecule has 0 bridgehead atoms. The van der Waals surface area contributed by atoms with E-state index in [4.69, 9.17) is 10.00 Å². The first-order valence-electron chi connectivity index (χ1n) is 5.82. The van der Waals surface area contributed by atoms with Crippen molar-refractivity contribution in [1.29, 1.82) is 5.26 Å². The molecule has 0 unspecified atom stereocenters. The van der Waals surface area contributed by atoms with E-state index in [2.05, 4.69) is 6.07 Å². The van der Waals surface area contributed by atoms with Gasteiger partial charge in [-0.1, -0.05) is 23.7 Å². The first kappa shape index (κ1) is 16.6. The minimum Gasteiger partial charge on any atom is -0.479 e. The van der Waals surface area contributed by atoms with Gasteiger partial charge >= 0.3 is 0 Å². The van der Waals surface area contributed by atoms with Gasteiger partial charge in [-0.05, 0) is 12.1 Å². The van der Waals surface area contributed by atoms with E-state index in [0.717, 1.165) is 11.3 Å². The van der Waals surface area contributed by atoms with E-state index in [-0.39, 0.29) is 44.9 Å². The number of hydrogen-bond donors (Lipinski definition) is 0. The molecule has 0 aliphatic rings. The van der Waals surface area contributed by atoms with E-state index in [9.17, 15) is 4.79 Å². The Morgan fingerprint density at radius 3 is 2.60 bits per heavy atom. The van der Waals surface area contributed by atoms with E-state index >= 15 is 0 Å². The van der Waals surface area contributed by atoms with Gasteiger partial charge in [-0.3, -0.25) is 4.79 Å². The fourth-order valence-electron chi connectivity index (χ4n) is 1.80. The maximum Gasteiger partial charge on any atom is 0.197 e. The summed E-state index contributed by atoms with van der Waals surface area (Å²) < 4.78 is 6.75. The number of hydrogen-bond acceptors (Lipinski definition) is 3. The summed E-state index contributed by atoms with van der Waals surface area (Å²) in [6.45, 7) is 1.79. The molecular formula is C15H13N2O2Y-. The molecule has 1 aromatic carbocycles. The SMILES string of the molecule is Cc1c[c-]c(-c2ccc(OCC#N)cc2)n(C)c1=O.[Y]. The van der Waals surface area contributed by atoms with Crippen LogP contribution in [-0.4, -0.2) is 11.2 Å². The molecule has 1 radical (unpaired) electrons. The molecular weight excluding hydrogens is 329 g/mol. The summed E-state index contributed by atoms with van der Waals surface area (Å²) in [6, 6.07) is 13.9. The van der Waals surface area contributed by atoms with Crippen molar-refractivity contribution in [2.45, 2.75) is 6.92 Å². The second-order valence-corrected chi connectivity index (χ2v) is 4.16. The molecule has 4 nitrogen and oxygen atoms in total. The van der Waals surface area contributed by atoms with Gasteiger partial charge in [0.15, 0.2) is 12.2 Å². The normalized spacial score (nSPS) is 9.45. The van der Waals surface area contributed by atoms with Crippen LogP contribution in [0.15, 0.2) is 35.1 Å². The van der Waals surface area contributed by atoms with Crippen molar-refractivity contribution in [2.24, 2.45) is 7.05 Å². The topological polar surface area (TPSA) is 55.0 Å². The van der Waals surface area contributed by atoms with Crippen molar-refractivity contribution in [2.75, 3.05) is 6.61 Å². The van der Waals surface area contributed by atoms with Gasteiger partial charge in [0.05, 0.1) is 0 Å². The number of benzene rings is 1. The van der Waals surface area contributed by atoms with Gasteiger partial charge in [-0.25, -0.2) is 0 Å². The van der Waals surface area contributed by atoms with Crippen molar-refractivity contribution >= 4 is 0 Å². The average Bonchev–Trinajstić information content (AvgIpc) is 2.44. The van der Waals surface area contributed by atoms with Gasteiger partial charge in [0.1, 0.15) is 11.8 Å². The molecule has 0 spiro atoms. The first-order chi connectivity index (χ1) is 9.13. The van der Waals surface area contributed by atoms with Crippen LogP contribution in [-0.2, 0) is 39.8 Å². The molecule has 1 heterocycles. The molecule has 0 saturated heterocycles. The standard InChI is InChI=1S/C15H13N2O2.Y/c1-11-3-8-14(17(2)15(11)18)12-4-6-13(7-5-12)19-10-9-16;/h3-7H,10H2,1-2H3;/q-1;. The summed E-state index contributed by atoms with van der Waals surface area (Å²) in [7, 11) is 1.72. The van der Waals surface area contributed by atoms with Crippen molar-refractivity contribution in [3.63, 3.8) is 0 Å². The molecule has 2 aromatic rings. The van der Waals surface area contributed by atoms with Crippen LogP contribution in [0.5, 0.6) is 5.75 Å². The molecule has 0 saturated carbocycles. The smallest absolute Gasteiger partial charge is 0.197 e. The number of nitrogens with zero attached hydrogens (tertiary/aromatic N) is 2. The Bertz CT molecular complexity index is 685. The third-order valence-corrected chi connectivity index (χ3v) is 2.83. The van der Waals surface area contributed by atoms with Crippen molar-refractivity contribution in [3.05, 3.63) is 52.3 Å². The third-order valence-electron chi connectivity index (χ3n) is 2.83. The van der Waals surface area contributed by atoms with Crippen LogP contribution in [0.3, 0.4) is 0 Å². The van der Waals surface area contributed by atoms with E-state index in [1.54, 1.807) is 36.7 Å². The Morgan fingerprint density at radius 1 is 1.35 bits per heavy atom.